The summed E-state index contributed by atoms with van der Waals surface area (Å²) in [4.78, 5) is 0. The molecule has 2 nitrogen and oxygen atoms in total. The molecule has 0 N–H and O–H groups in total. The highest BCUT2D eigenvalue weighted by molar-refractivity contribution is 6.13. The number of benzene rings is 6. The van der Waals surface area contributed by atoms with Crippen LogP contribution in [0.3, 0.4) is 0 Å². The molecule has 8 aromatic rings. The van der Waals surface area contributed by atoms with Crippen LogP contribution in [0.4, 0.5) is 0 Å². The number of hydrogen-bond acceptors (Lipinski definition) is 0. The maximum Gasteiger partial charge on any atom is 0.0544 e. The van der Waals surface area contributed by atoms with Gasteiger partial charge >= 0.3 is 0 Å². The predicted octanol–water partition coefficient (Wildman–Crippen LogP) is 12.8. The number of fused-ring (bicyclic) bond motifs is 7. The monoisotopic (exact) mass is 636 g/mol. The maximum absolute atomic E-state index is 2.54. The summed E-state index contributed by atoms with van der Waals surface area (Å²) in [6, 6.07) is 45.6. The largest absolute Gasteiger partial charge is 0.309 e. The lowest BCUT2D eigenvalue weighted by molar-refractivity contribution is 0.125. The van der Waals surface area contributed by atoms with Gasteiger partial charge in [-0.05, 0) is 130 Å². The highest BCUT2D eigenvalue weighted by atomic mass is 15.0. The van der Waals surface area contributed by atoms with Gasteiger partial charge in [0.2, 0.25) is 0 Å². The Morgan fingerprint density at radius 3 is 1.51 bits per heavy atom. The zero-order chi connectivity index (χ0) is 34.0. The van der Waals surface area contributed by atoms with E-state index in [2.05, 4.69) is 186 Å². The molecule has 2 heteroatoms. The van der Waals surface area contributed by atoms with Crippen LogP contribution in [0.2, 0.25) is 0 Å². The Morgan fingerprint density at radius 1 is 0.388 bits per heavy atom. The van der Waals surface area contributed by atoms with E-state index in [1.807, 2.05) is 0 Å². The normalized spacial score (nSPS) is 16.2. The van der Waals surface area contributed by atoms with E-state index in [0.717, 1.165) is 0 Å². The fourth-order valence-electron chi connectivity index (χ4n) is 9.10. The molecule has 0 saturated carbocycles. The van der Waals surface area contributed by atoms with Crippen LogP contribution < -0.4 is 0 Å². The van der Waals surface area contributed by atoms with Crippen molar-refractivity contribution in [3.63, 3.8) is 0 Å². The molecule has 0 atom stereocenters. The van der Waals surface area contributed by atoms with E-state index in [1.54, 1.807) is 0 Å². The van der Waals surface area contributed by atoms with E-state index in [4.69, 9.17) is 0 Å². The first-order valence-electron chi connectivity index (χ1n) is 17.7. The third-order valence-electron chi connectivity index (χ3n) is 12.9. The summed E-state index contributed by atoms with van der Waals surface area (Å²) in [6.07, 6.45) is 0. The summed E-state index contributed by atoms with van der Waals surface area (Å²) < 4.78 is 4.90. The summed E-state index contributed by atoms with van der Waals surface area (Å²) in [6.45, 7) is 19.1. The lowest BCUT2D eigenvalue weighted by atomic mass is 9.59. The molecule has 0 fully saturated rings. The minimum Gasteiger partial charge on any atom is -0.309 e. The van der Waals surface area contributed by atoms with Crippen molar-refractivity contribution in [3.05, 3.63) is 144 Å². The molecule has 0 spiro atoms. The quantitative estimate of drug-likeness (QED) is 0.183. The average molecular weight is 637 g/mol. The molecule has 0 aliphatic heterocycles. The Labute approximate surface area is 289 Å². The number of aromatic nitrogens is 2. The van der Waals surface area contributed by atoms with E-state index < -0.39 is 0 Å². The standard InChI is InChI=1S/C47H44N2/c1-29-22-30(2)24-34(23-29)49-43-21-19-32(26-37(43)38-27-39-40(28-44(38)49)46(5,6)47(7,8)45(39,3)4)31-18-20-42-36(25-31)35-16-12-13-17-41(35)48(42)33-14-10-9-11-15-33/h9-28H,1-8H3. The van der Waals surface area contributed by atoms with Crippen LogP contribution in [0, 0.1) is 19.3 Å². The minimum absolute atomic E-state index is 0.0311. The molecule has 0 radical (unpaired) electrons. The number of aryl methyl sites for hydroxylation is 2. The van der Waals surface area contributed by atoms with E-state index in [9.17, 15) is 0 Å². The van der Waals surface area contributed by atoms with Gasteiger partial charge in [0.25, 0.3) is 0 Å². The fourth-order valence-corrected chi connectivity index (χ4v) is 9.10. The molecule has 49 heavy (non-hydrogen) atoms. The molecule has 0 bridgehead atoms. The topological polar surface area (TPSA) is 9.86 Å². The van der Waals surface area contributed by atoms with Gasteiger partial charge in [-0.15, -0.1) is 0 Å². The molecule has 0 amide bonds. The molecule has 1 aliphatic rings. The second kappa shape index (κ2) is 9.98. The van der Waals surface area contributed by atoms with Crippen LogP contribution in [0.1, 0.15) is 63.8 Å². The summed E-state index contributed by atoms with van der Waals surface area (Å²) in [5, 5.41) is 5.19. The lowest BCUT2D eigenvalue weighted by Gasteiger charge is -2.44. The van der Waals surface area contributed by atoms with E-state index >= 15 is 0 Å². The van der Waals surface area contributed by atoms with Gasteiger partial charge in [-0.3, -0.25) is 0 Å². The Balaban J connectivity index is 1.32. The third kappa shape index (κ3) is 4.01. The van der Waals surface area contributed by atoms with Crippen LogP contribution in [0.25, 0.3) is 66.1 Å². The highest BCUT2D eigenvalue weighted by Gasteiger charge is 2.57. The highest BCUT2D eigenvalue weighted by Crippen LogP contribution is 2.62. The van der Waals surface area contributed by atoms with Crippen molar-refractivity contribution in [2.75, 3.05) is 0 Å². The van der Waals surface area contributed by atoms with Crippen LogP contribution in [0.15, 0.2) is 121 Å². The van der Waals surface area contributed by atoms with Crippen molar-refractivity contribution in [2.45, 2.75) is 66.2 Å². The first-order chi connectivity index (χ1) is 23.4. The fraction of sp³-hybridized carbons (Fsp3) is 0.234. The molecule has 2 heterocycles. The van der Waals surface area contributed by atoms with Gasteiger partial charge in [0, 0.05) is 32.9 Å². The summed E-state index contributed by atoms with van der Waals surface area (Å²) >= 11 is 0. The zero-order valence-electron chi connectivity index (χ0n) is 29.9. The van der Waals surface area contributed by atoms with Crippen LogP contribution in [0.5, 0.6) is 0 Å². The van der Waals surface area contributed by atoms with Crippen LogP contribution in [-0.4, -0.2) is 9.13 Å². The molecule has 6 aromatic carbocycles. The smallest absolute Gasteiger partial charge is 0.0544 e. The van der Waals surface area contributed by atoms with Crippen molar-refractivity contribution >= 4 is 43.6 Å². The Hall–Kier alpha value is -5.08. The minimum atomic E-state index is 0.0311. The van der Waals surface area contributed by atoms with Gasteiger partial charge in [-0.25, -0.2) is 0 Å². The first kappa shape index (κ1) is 30.0. The van der Waals surface area contributed by atoms with E-state index in [-0.39, 0.29) is 16.2 Å². The van der Waals surface area contributed by atoms with Gasteiger partial charge < -0.3 is 9.13 Å². The van der Waals surface area contributed by atoms with Crippen LogP contribution >= 0.6 is 0 Å². The molecule has 1 aliphatic carbocycles. The van der Waals surface area contributed by atoms with Crippen molar-refractivity contribution in [2.24, 2.45) is 5.41 Å². The van der Waals surface area contributed by atoms with Gasteiger partial charge in [0.15, 0.2) is 0 Å². The van der Waals surface area contributed by atoms with Gasteiger partial charge in [0.1, 0.15) is 0 Å². The molecule has 2 aromatic heterocycles. The van der Waals surface area contributed by atoms with Crippen LogP contribution in [-0.2, 0) is 10.8 Å². The Kier molecular flexibility index (Phi) is 6.11. The molecule has 0 unspecified atom stereocenters. The van der Waals surface area contributed by atoms with Crippen molar-refractivity contribution < 1.29 is 0 Å². The second-order valence-electron chi connectivity index (χ2n) is 16.1. The SMILES string of the molecule is Cc1cc(C)cc(-n2c3ccc(-c4ccc5c(c4)c4ccccc4n5-c4ccccc4)cc3c3cc4c(cc32)C(C)(C)C(C)(C)C4(C)C)c1. The zero-order valence-corrected chi connectivity index (χ0v) is 29.9. The van der Waals surface area contributed by atoms with Gasteiger partial charge in [-0.1, -0.05) is 96.1 Å². The molecule has 9 rings (SSSR count). The molecular formula is C47H44N2. The lowest BCUT2D eigenvalue weighted by Crippen LogP contribution is -2.42. The number of hydrogen-bond donors (Lipinski definition) is 0. The Morgan fingerprint density at radius 2 is 0.878 bits per heavy atom. The van der Waals surface area contributed by atoms with Crippen molar-refractivity contribution in [1.29, 1.82) is 0 Å². The molecule has 0 saturated heterocycles. The summed E-state index contributed by atoms with van der Waals surface area (Å²) in [5.74, 6) is 0. The molecule has 242 valence electrons. The summed E-state index contributed by atoms with van der Waals surface area (Å²) in [5.41, 5.74) is 15.6. The first-order valence-corrected chi connectivity index (χ1v) is 17.7. The number of nitrogens with zero attached hydrogens (tertiary/aromatic N) is 2. The van der Waals surface area contributed by atoms with E-state index in [1.165, 1.54) is 88.4 Å². The van der Waals surface area contributed by atoms with E-state index in [0.29, 0.717) is 0 Å². The average Bonchev–Trinajstić information content (AvgIpc) is 3.62. The van der Waals surface area contributed by atoms with Gasteiger partial charge in [0.05, 0.1) is 22.1 Å². The second-order valence-corrected chi connectivity index (χ2v) is 16.1. The van der Waals surface area contributed by atoms with Crippen molar-refractivity contribution in [3.8, 4) is 22.5 Å². The third-order valence-corrected chi connectivity index (χ3v) is 12.9. The van der Waals surface area contributed by atoms with Crippen molar-refractivity contribution in [1.82, 2.24) is 9.13 Å². The maximum atomic E-state index is 2.54. The Bertz CT molecular complexity index is 2620. The predicted molar refractivity (Wildman–Crippen MR) is 210 cm³/mol. The molecular weight excluding hydrogens is 593 g/mol. The number of rotatable bonds is 3. The summed E-state index contributed by atoms with van der Waals surface area (Å²) in [7, 11) is 0. The number of para-hydroxylation sites is 2. The van der Waals surface area contributed by atoms with Gasteiger partial charge in [-0.2, -0.15) is 0 Å².